The molecule has 3 aliphatic heterocycles. The van der Waals surface area contributed by atoms with E-state index in [1.54, 1.807) is 24.3 Å². The summed E-state index contributed by atoms with van der Waals surface area (Å²) in [5.74, 6) is -2.37. The minimum absolute atomic E-state index is 0.123. The number of para-hydroxylation sites is 1. The molecule has 0 radical (unpaired) electrons. The molecule has 0 N–H and O–H groups in total. The van der Waals surface area contributed by atoms with Crippen molar-refractivity contribution in [3.8, 4) is 5.75 Å². The van der Waals surface area contributed by atoms with Crippen LogP contribution < -0.4 is 14.5 Å². The Hall–Kier alpha value is -4.79. The first-order chi connectivity index (χ1) is 19.4. The number of nitro benzene ring substituents is 1. The minimum atomic E-state index is -1.01. The Labute approximate surface area is 230 Å². The normalized spacial score (nSPS) is 22.6. The third-order valence-electron chi connectivity index (χ3n) is 7.89. The Bertz CT molecular complexity index is 1550. The van der Waals surface area contributed by atoms with Crippen LogP contribution in [0.3, 0.4) is 0 Å². The zero-order chi connectivity index (χ0) is 28.0. The van der Waals surface area contributed by atoms with Crippen molar-refractivity contribution >= 4 is 40.7 Å². The van der Waals surface area contributed by atoms with Crippen molar-refractivity contribution in [3.05, 3.63) is 100 Å². The van der Waals surface area contributed by atoms with Gasteiger partial charge in [-0.25, -0.2) is 4.90 Å². The largest absolute Gasteiger partial charge is 0.494 e. The molecule has 3 heterocycles. The highest BCUT2D eigenvalue weighted by molar-refractivity contribution is 6.25. The summed E-state index contributed by atoms with van der Waals surface area (Å²) in [4.78, 5) is 55.9. The first-order valence-electron chi connectivity index (χ1n) is 13.4. The highest BCUT2D eigenvalue weighted by atomic mass is 16.6. The molecule has 4 atom stereocenters. The summed E-state index contributed by atoms with van der Waals surface area (Å²) < 4.78 is 5.72. The molecule has 2 fully saturated rings. The molecule has 3 aromatic carbocycles. The number of nitrogens with zero attached hydrogens (tertiary/aromatic N) is 3. The molecule has 40 heavy (non-hydrogen) atoms. The van der Waals surface area contributed by atoms with E-state index in [9.17, 15) is 24.5 Å². The quantitative estimate of drug-likeness (QED) is 0.130. The first kappa shape index (κ1) is 25.5. The van der Waals surface area contributed by atoms with Crippen LogP contribution in [0.4, 0.5) is 17.1 Å². The lowest BCUT2D eigenvalue weighted by Crippen LogP contribution is -2.48. The number of Topliss-reactive ketones (excluding diaryl/α,β-unsaturated/α-hetero) is 1. The molecule has 0 bridgehead atoms. The van der Waals surface area contributed by atoms with E-state index in [1.807, 2.05) is 41.3 Å². The molecular formula is C31H27N3O6. The number of carbonyl (C=O) groups excluding carboxylic acids is 3. The molecule has 6 rings (SSSR count). The topological polar surface area (TPSA) is 110 Å². The Balaban J connectivity index is 1.40. The maximum absolute atomic E-state index is 14.1. The zero-order valence-electron chi connectivity index (χ0n) is 21.8. The van der Waals surface area contributed by atoms with Crippen LogP contribution in [0.2, 0.25) is 0 Å². The number of fused-ring (bicyclic) bond motifs is 5. The number of ether oxygens (including phenoxy) is 1. The average molecular weight is 538 g/mol. The lowest BCUT2D eigenvalue weighted by atomic mass is 9.86. The van der Waals surface area contributed by atoms with E-state index in [0.29, 0.717) is 18.0 Å². The molecule has 0 unspecified atom stereocenters. The van der Waals surface area contributed by atoms with E-state index in [4.69, 9.17) is 4.74 Å². The fraction of sp³-hybridized carbons (Fsp3) is 0.258. The number of non-ortho nitro benzene ring substituents is 1. The van der Waals surface area contributed by atoms with Gasteiger partial charge in [0.1, 0.15) is 11.8 Å². The Morgan fingerprint density at radius 1 is 0.975 bits per heavy atom. The van der Waals surface area contributed by atoms with Gasteiger partial charge in [0.2, 0.25) is 11.8 Å². The van der Waals surface area contributed by atoms with Gasteiger partial charge in [-0.2, -0.15) is 0 Å². The SMILES string of the molecule is CCCCOc1ccc(N2C(=O)[C@@H]3[C@H](C2=O)[C@H]2C=Cc4ccccc4N2[C@@H]3C(=O)c2cccc([N+](=O)[O-])c2)cc1. The number of amides is 2. The van der Waals surface area contributed by atoms with Crippen LogP contribution in [-0.4, -0.2) is 41.2 Å². The third kappa shape index (κ3) is 4.05. The van der Waals surface area contributed by atoms with Crippen LogP contribution in [0, 0.1) is 22.0 Å². The van der Waals surface area contributed by atoms with Crippen LogP contribution in [-0.2, 0) is 9.59 Å². The van der Waals surface area contributed by atoms with Crippen molar-refractivity contribution in [2.45, 2.75) is 31.8 Å². The molecule has 0 spiro atoms. The molecule has 3 aromatic rings. The Morgan fingerprint density at radius 3 is 2.48 bits per heavy atom. The summed E-state index contributed by atoms with van der Waals surface area (Å²) in [6.45, 7) is 2.65. The molecule has 3 aliphatic rings. The Kier molecular flexibility index (Phi) is 6.42. The minimum Gasteiger partial charge on any atom is -0.494 e. The molecule has 202 valence electrons. The predicted molar refractivity (Wildman–Crippen MR) is 149 cm³/mol. The third-order valence-corrected chi connectivity index (χ3v) is 7.89. The number of carbonyl (C=O) groups is 3. The van der Waals surface area contributed by atoms with Crippen LogP contribution in [0.15, 0.2) is 78.9 Å². The number of imide groups is 1. The van der Waals surface area contributed by atoms with Gasteiger partial charge in [0.25, 0.3) is 5.69 Å². The second kappa shape index (κ2) is 10.1. The summed E-state index contributed by atoms with van der Waals surface area (Å²) in [6, 6.07) is 18.3. The smallest absolute Gasteiger partial charge is 0.270 e. The van der Waals surface area contributed by atoms with Crippen molar-refractivity contribution in [1.82, 2.24) is 0 Å². The maximum Gasteiger partial charge on any atom is 0.270 e. The molecule has 2 saturated heterocycles. The Morgan fingerprint density at radius 2 is 1.73 bits per heavy atom. The predicted octanol–water partition coefficient (Wildman–Crippen LogP) is 5.05. The fourth-order valence-corrected chi connectivity index (χ4v) is 6.04. The lowest BCUT2D eigenvalue weighted by molar-refractivity contribution is -0.384. The van der Waals surface area contributed by atoms with E-state index >= 15 is 0 Å². The van der Waals surface area contributed by atoms with E-state index in [1.165, 1.54) is 29.2 Å². The summed E-state index contributed by atoms with van der Waals surface area (Å²) >= 11 is 0. The summed E-state index contributed by atoms with van der Waals surface area (Å²) in [7, 11) is 0. The average Bonchev–Trinajstić information content (AvgIpc) is 3.45. The summed E-state index contributed by atoms with van der Waals surface area (Å²) in [6.07, 6.45) is 5.71. The van der Waals surface area contributed by atoms with E-state index in [-0.39, 0.29) is 17.2 Å². The molecule has 9 heteroatoms. The van der Waals surface area contributed by atoms with Gasteiger partial charge >= 0.3 is 0 Å². The maximum atomic E-state index is 14.1. The molecule has 9 nitrogen and oxygen atoms in total. The van der Waals surface area contributed by atoms with Crippen molar-refractivity contribution in [1.29, 1.82) is 0 Å². The molecule has 2 amide bonds. The monoisotopic (exact) mass is 537 g/mol. The standard InChI is InChI=1S/C31H27N3O6/c1-2-3-17-40-23-14-12-21(13-15-23)32-30(36)26-25-16-11-19-7-4-5-10-24(19)33(25)28(27(26)31(32)37)29(35)20-8-6-9-22(18-20)34(38)39/h4-16,18,25-28H,2-3,17H2,1H3/t25-,26-,27-,28+/m1/s1. The van der Waals surface area contributed by atoms with E-state index in [0.717, 1.165) is 24.1 Å². The zero-order valence-corrected chi connectivity index (χ0v) is 21.8. The number of unbranched alkanes of at least 4 members (excludes halogenated alkanes) is 1. The highest BCUT2D eigenvalue weighted by Crippen LogP contribution is 2.50. The number of benzene rings is 3. The van der Waals surface area contributed by atoms with Gasteiger partial charge in [0.05, 0.1) is 35.1 Å². The van der Waals surface area contributed by atoms with Gasteiger partial charge in [-0.15, -0.1) is 0 Å². The molecule has 0 saturated carbocycles. The van der Waals surface area contributed by atoms with Gasteiger partial charge in [0.15, 0.2) is 5.78 Å². The number of hydrogen-bond donors (Lipinski definition) is 0. The number of nitro groups is 1. The number of ketones is 1. The van der Waals surface area contributed by atoms with Gasteiger partial charge in [-0.3, -0.25) is 24.5 Å². The van der Waals surface area contributed by atoms with Crippen molar-refractivity contribution < 1.29 is 24.0 Å². The van der Waals surface area contributed by atoms with Crippen LogP contribution >= 0.6 is 0 Å². The van der Waals surface area contributed by atoms with Gasteiger partial charge < -0.3 is 9.64 Å². The molecule has 0 aromatic heterocycles. The molecular weight excluding hydrogens is 510 g/mol. The summed E-state index contributed by atoms with van der Waals surface area (Å²) in [5, 5.41) is 11.4. The highest BCUT2D eigenvalue weighted by Gasteiger charge is 2.64. The van der Waals surface area contributed by atoms with Crippen LogP contribution in [0.1, 0.15) is 35.7 Å². The van der Waals surface area contributed by atoms with Gasteiger partial charge in [-0.05, 0) is 42.3 Å². The van der Waals surface area contributed by atoms with Crippen LogP contribution in [0.5, 0.6) is 5.75 Å². The van der Waals surface area contributed by atoms with Crippen molar-refractivity contribution in [3.63, 3.8) is 0 Å². The van der Waals surface area contributed by atoms with Crippen molar-refractivity contribution in [2.24, 2.45) is 11.8 Å². The summed E-state index contributed by atoms with van der Waals surface area (Å²) in [5.41, 5.74) is 1.94. The number of anilines is 2. The first-order valence-corrected chi connectivity index (χ1v) is 13.4. The number of hydrogen-bond acceptors (Lipinski definition) is 7. The molecule has 0 aliphatic carbocycles. The van der Waals surface area contributed by atoms with Gasteiger partial charge in [-0.1, -0.05) is 55.8 Å². The number of rotatable bonds is 8. The second-order valence-corrected chi connectivity index (χ2v) is 10.2. The fourth-order valence-electron chi connectivity index (χ4n) is 6.04. The van der Waals surface area contributed by atoms with E-state index in [2.05, 4.69) is 6.92 Å². The van der Waals surface area contributed by atoms with Crippen LogP contribution in [0.25, 0.3) is 6.08 Å². The van der Waals surface area contributed by atoms with Crippen molar-refractivity contribution in [2.75, 3.05) is 16.4 Å². The lowest BCUT2D eigenvalue weighted by Gasteiger charge is -2.36. The van der Waals surface area contributed by atoms with Gasteiger partial charge in [0, 0.05) is 23.4 Å². The van der Waals surface area contributed by atoms with E-state index < -0.39 is 40.5 Å². The second-order valence-electron chi connectivity index (χ2n) is 10.2.